The molecule has 18 heavy (non-hydrogen) atoms. The Labute approximate surface area is 104 Å². The Morgan fingerprint density at radius 2 is 2.28 bits per heavy atom. The van der Waals surface area contributed by atoms with Gasteiger partial charge >= 0.3 is 0 Å². The molecule has 1 unspecified atom stereocenters. The van der Waals surface area contributed by atoms with Crippen molar-refractivity contribution in [3.8, 4) is 5.75 Å². The van der Waals surface area contributed by atoms with Gasteiger partial charge in [0.2, 0.25) is 0 Å². The summed E-state index contributed by atoms with van der Waals surface area (Å²) in [5, 5.41) is 13.6. The number of rotatable bonds is 2. The van der Waals surface area contributed by atoms with E-state index in [9.17, 15) is 13.5 Å². The maximum atomic E-state index is 11.4. The first-order valence-electron chi connectivity index (χ1n) is 5.76. The third kappa shape index (κ3) is 2.17. The van der Waals surface area contributed by atoms with Gasteiger partial charge in [-0.25, -0.2) is 17.9 Å². The summed E-state index contributed by atoms with van der Waals surface area (Å²) in [7, 11) is -2.85. The Bertz CT molecular complexity index is 693. The van der Waals surface area contributed by atoms with Crippen molar-refractivity contribution < 1.29 is 13.5 Å². The van der Waals surface area contributed by atoms with E-state index < -0.39 is 9.84 Å². The smallest absolute Gasteiger partial charge is 0.155 e. The Hall–Kier alpha value is -1.63. The van der Waals surface area contributed by atoms with Crippen molar-refractivity contribution in [2.75, 3.05) is 11.5 Å². The summed E-state index contributed by atoms with van der Waals surface area (Å²) < 4.78 is 24.2. The molecule has 1 N–H and O–H groups in total. The lowest BCUT2D eigenvalue weighted by Crippen LogP contribution is -2.08. The molecule has 1 fully saturated rings. The van der Waals surface area contributed by atoms with Crippen molar-refractivity contribution in [1.29, 1.82) is 0 Å². The Kier molecular flexibility index (Phi) is 2.51. The third-order valence-electron chi connectivity index (χ3n) is 3.16. The average Bonchev–Trinajstić information content (AvgIpc) is 2.81. The number of hydrogen-bond acceptors (Lipinski definition) is 5. The van der Waals surface area contributed by atoms with Gasteiger partial charge in [0.15, 0.2) is 21.3 Å². The molecular weight excluding hydrogens is 254 g/mol. The minimum Gasteiger partial charge on any atom is -0.506 e. The van der Waals surface area contributed by atoms with Crippen LogP contribution in [0.15, 0.2) is 18.3 Å². The molecule has 0 aliphatic carbocycles. The fraction of sp³-hybridized carbons (Fsp3) is 0.455. The van der Waals surface area contributed by atoms with Crippen molar-refractivity contribution in [1.82, 2.24) is 14.6 Å². The van der Waals surface area contributed by atoms with Crippen LogP contribution in [-0.2, 0) is 16.3 Å². The highest BCUT2D eigenvalue weighted by atomic mass is 32.2. The van der Waals surface area contributed by atoms with Crippen LogP contribution in [0.4, 0.5) is 0 Å². The molecule has 2 aromatic heterocycles. The zero-order valence-corrected chi connectivity index (χ0v) is 10.5. The highest BCUT2D eigenvalue weighted by Crippen LogP contribution is 2.21. The monoisotopic (exact) mass is 267 g/mol. The highest BCUT2D eigenvalue weighted by Gasteiger charge is 2.28. The molecule has 96 valence electrons. The molecule has 2 aromatic rings. The van der Waals surface area contributed by atoms with Gasteiger partial charge in [-0.05, 0) is 24.5 Å². The zero-order chi connectivity index (χ0) is 12.8. The summed E-state index contributed by atoms with van der Waals surface area (Å²) in [6.45, 7) is 0. The first-order valence-corrected chi connectivity index (χ1v) is 7.59. The molecule has 0 saturated carbocycles. The van der Waals surface area contributed by atoms with Gasteiger partial charge in [0.25, 0.3) is 0 Å². The van der Waals surface area contributed by atoms with Crippen LogP contribution < -0.4 is 0 Å². The molecule has 7 heteroatoms. The van der Waals surface area contributed by atoms with E-state index in [2.05, 4.69) is 10.1 Å². The molecule has 0 bridgehead atoms. The van der Waals surface area contributed by atoms with E-state index in [1.165, 1.54) is 10.7 Å². The Balaban J connectivity index is 1.83. The number of nitrogens with zero attached hydrogens (tertiary/aromatic N) is 3. The zero-order valence-electron chi connectivity index (χ0n) is 9.65. The fourth-order valence-electron chi connectivity index (χ4n) is 2.30. The number of aromatic nitrogens is 3. The lowest BCUT2D eigenvalue weighted by Gasteiger charge is -2.01. The van der Waals surface area contributed by atoms with Crippen LogP contribution in [0.1, 0.15) is 12.2 Å². The molecule has 0 aromatic carbocycles. The van der Waals surface area contributed by atoms with Gasteiger partial charge in [-0.1, -0.05) is 0 Å². The predicted molar refractivity (Wildman–Crippen MR) is 65.1 cm³/mol. The maximum Gasteiger partial charge on any atom is 0.155 e. The normalized spacial score (nSPS) is 22.6. The van der Waals surface area contributed by atoms with Gasteiger partial charge in [0.1, 0.15) is 5.75 Å². The second kappa shape index (κ2) is 3.94. The summed E-state index contributed by atoms with van der Waals surface area (Å²) in [4.78, 5) is 4.31. The first-order chi connectivity index (χ1) is 8.52. The van der Waals surface area contributed by atoms with Crippen LogP contribution in [-0.4, -0.2) is 39.6 Å². The predicted octanol–water partition coefficient (Wildman–Crippen LogP) is 0.412. The summed E-state index contributed by atoms with van der Waals surface area (Å²) in [5.74, 6) is 1.37. The summed E-state index contributed by atoms with van der Waals surface area (Å²) in [6, 6.07) is 3.23. The second-order valence-corrected chi connectivity index (χ2v) is 6.92. The summed E-state index contributed by atoms with van der Waals surface area (Å²) >= 11 is 0. The molecule has 0 amide bonds. The molecule has 6 nitrogen and oxygen atoms in total. The standard InChI is InChI=1S/C11H13N3O3S/c15-9-1-2-11-12-10(13-14(11)6-9)5-8-3-4-18(16,17)7-8/h1-2,6,8,15H,3-5,7H2. The van der Waals surface area contributed by atoms with Crippen LogP contribution in [0.2, 0.25) is 0 Å². The van der Waals surface area contributed by atoms with Crippen LogP contribution in [0.5, 0.6) is 5.75 Å². The molecule has 1 atom stereocenters. The van der Waals surface area contributed by atoms with Gasteiger partial charge in [0.05, 0.1) is 17.7 Å². The van der Waals surface area contributed by atoms with E-state index in [0.29, 0.717) is 24.3 Å². The molecule has 3 heterocycles. The molecule has 1 saturated heterocycles. The quantitative estimate of drug-likeness (QED) is 0.852. The van der Waals surface area contributed by atoms with E-state index in [0.717, 1.165) is 0 Å². The van der Waals surface area contributed by atoms with Gasteiger partial charge in [-0.2, -0.15) is 5.10 Å². The topological polar surface area (TPSA) is 84.6 Å². The van der Waals surface area contributed by atoms with Gasteiger partial charge in [0, 0.05) is 6.42 Å². The number of sulfone groups is 1. The van der Waals surface area contributed by atoms with Gasteiger partial charge < -0.3 is 5.11 Å². The van der Waals surface area contributed by atoms with Crippen molar-refractivity contribution in [2.24, 2.45) is 5.92 Å². The van der Waals surface area contributed by atoms with Crippen molar-refractivity contribution in [2.45, 2.75) is 12.8 Å². The number of fused-ring (bicyclic) bond motifs is 1. The SMILES string of the molecule is O=S1(=O)CCC(Cc2nc3ccc(O)cn3n2)C1. The maximum absolute atomic E-state index is 11.4. The molecular formula is C11H13N3O3S. The minimum absolute atomic E-state index is 0.112. The average molecular weight is 267 g/mol. The summed E-state index contributed by atoms with van der Waals surface area (Å²) in [5.41, 5.74) is 0.656. The number of hydrogen-bond donors (Lipinski definition) is 1. The van der Waals surface area contributed by atoms with Gasteiger partial charge in [-0.3, -0.25) is 0 Å². The fourth-order valence-corrected chi connectivity index (χ4v) is 4.16. The largest absolute Gasteiger partial charge is 0.506 e. The lowest BCUT2D eigenvalue weighted by atomic mass is 10.1. The van der Waals surface area contributed by atoms with Crippen LogP contribution in [0.25, 0.3) is 5.65 Å². The van der Waals surface area contributed by atoms with Crippen molar-refractivity contribution in [3.63, 3.8) is 0 Å². The van der Waals surface area contributed by atoms with E-state index in [1.54, 1.807) is 12.1 Å². The summed E-state index contributed by atoms with van der Waals surface area (Å²) in [6.07, 6.45) is 2.74. The molecule has 1 aliphatic rings. The molecule has 0 radical (unpaired) electrons. The Morgan fingerprint density at radius 1 is 1.44 bits per heavy atom. The second-order valence-electron chi connectivity index (χ2n) is 4.69. The van der Waals surface area contributed by atoms with Crippen LogP contribution in [0.3, 0.4) is 0 Å². The van der Waals surface area contributed by atoms with Crippen LogP contribution >= 0.6 is 0 Å². The van der Waals surface area contributed by atoms with E-state index in [4.69, 9.17) is 0 Å². The first kappa shape index (κ1) is 11.5. The lowest BCUT2D eigenvalue weighted by molar-refractivity contribution is 0.470. The van der Waals surface area contributed by atoms with E-state index in [1.807, 2.05) is 0 Å². The van der Waals surface area contributed by atoms with E-state index in [-0.39, 0.29) is 23.2 Å². The molecule has 0 spiro atoms. The third-order valence-corrected chi connectivity index (χ3v) is 4.99. The molecule has 1 aliphatic heterocycles. The highest BCUT2D eigenvalue weighted by molar-refractivity contribution is 7.91. The van der Waals surface area contributed by atoms with Crippen molar-refractivity contribution in [3.05, 3.63) is 24.2 Å². The van der Waals surface area contributed by atoms with E-state index >= 15 is 0 Å². The van der Waals surface area contributed by atoms with Crippen LogP contribution in [0, 0.1) is 5.92 Å². The van der Waals surface area contributed by atoms with Gasteiger partial charge in [-0.15, -0.1) is 0 Å². The number of pyridine rings is 1. The minimum atomic E-state index is -2.85. The molecule has 3 rings (SSSR count). The van der Waals surface area contributed by atoms with Crippen molar-refractivity contribution >= 4 is 15.5 Å². The number of aromatic hydroxyl groups is 1. The Morgan fingerprint density at radius 3 is 3.00 bits per heavy atom.